The Labute approximate surface area is 158 Å². The SMILES string of the molecule is CC1=C(N=[N+]=[N-])C(c2ccccc2)=C(c2ccccc2)C1c1ccccc1. The van der Waals surface area contributed by atoms with Gasteiger partial charge in [-0.1, -0.05) is 102 Å². The molecule has 1 atom stereocenters. The summed E-state index contributed by atoms with van der Waals surface area (Å²) in [7, 11) is 0. The van der Waals surface area contributed by atoms with Gasteiger partial charge in [0, 0.05) is 16.5 Å². The largest absolute Gasteiger partial charge is 0.0622 e. The fourth-order valence-corrected chi connectivity index (χ4v) is 3.88. The summed E-state index contributed by atoms with van der Waals surface area (Å²) in [6.45, 7) is 2.07. The van der Waals surface area contributed by atoms with Crippen LogP contribution in [0.1, 0.15) is 29.5 Å². The molecule has 0 N–H and O–H groups in total. The van der Waals surface area contributed by atoms with Crippen molar-refractivity contribution in [2.45, 2.75) is 12.8 Å². The van der Waals surface area contributed by atoms with E-state index in [0.717, 1.165) is 28.0 Å². The number of benzene rings is 3. The van der Waals surface area contributed by atoms with Crippen LogP contribution in [0.5, 0.6) is 0 Å². The normalized spacial score (nSPS) is 16.4. The first kappa shape index (κ1) is 16.9. The highest BCUT2D eigenvalue weighted by Gasteiger charge is 2.33. The maximum atomic E-state index is 9.22. The van der Waals surface area contributed by atoms with Crippen molar-refractivity contribution in [3.63, 3.8) is 0 Å². The van der Waals surface area contributed by atoms with Gasteiger partial charge < -0.3 is 0 Å². The minimum absolute atomic E-state index is 0.0595. The molecule has 0 saturated carbocycles. The smallest absolute Gasteiger partial charge is 0.0455 e. The van der Waals surface area contributed by atoms with Crippen LogP contribution in [0.3, 0.4) is 0 Å². The van der Waals surface area contributed by atoms with Crippen LogP contribution in [0.2, 0.25) is 0 Å². The molecular weight excluding hydrogens is 330 g/mol. The highest BCUT2D eigenvalue weighted by molar-refractivity contribution is 6.05. The first-order valence-electron chi connectivity index (χ1n) is 8.97. The molecule has 3 aromatic carbocycles. The summed E-state index contributed by atoms with van der Waals surface area (Å²) in [6, 6.07) is 31.0. The highest BCUT2D eigenvalue weighted by atomic mass is 15.1. The van der Waals surface area contributed by atoms with Crippen LogP contribution < -0.4 is 0 Å². The first-order valence-corrected chi connectivity index (χ1v) is 8.97. The Morgan fingerprint density at radius 1 is 0.741 bits per heavy atom. The summed E-state index contributed by atoms with van der Waals surface area (Å²) >= 11 is 0. The third-order valence-corrected chi connectivity index (χ3v) is 5.03. The van der Waals surface area contributed by atoms with Gasteiger partial charge in [0.05, 0.1) is 0 Å². The van der Waals surface area contributed by atoms with Gasteiger partial charge in [-0.3, -0.25) is 0 Å². The number of azide groups is 1. The molecule has 0 aliphatic heterocycles. The van der Waals surface area contributed by atoms with Gasteiger partial charge in [-0.2, -0.15) is 0 Å². The van der Waals surface area contributed by atoms with E-state index >= 15 is 0 Å². The first-order chi connectivity index (χ1) is 13.3. The number of allylic oxidation sites excluding steroid dienone is 3. The Hall–Kier alpha value is -3.55. The van der Waals surface area contributed by atoms with Crippen molar-refractivity contribution in [3.8, 4) is 0 Å². The summed E-state index contributed by atoms with van der Waals surface area (Å²) in [4.78, 5) is 3.13. The van der Waals surface area contributed by atoms with Gasteiger partial charge in [-0.05, 0) is 40.3 Å². The lowest BCUT2D eigenvalue weighted by Crippen LogP contribution is -2.01. The zero-order valence-electron chi connectivity index (χ0n) is 15.1. The molecule has 0 aromatic heterocycles. The lowest BCUT2D eigenvalue weighted by atomic mass is 9.84. The van der Waals surface area contributed by atoms with Gasteiger partial charge in [0.15, 0.2) is 0 Å². The van der Waals surface area contributed by atoms with E-state index in [9.17, 15) is 5.53 Å². The quantitative estimate of drug-likeness (QED) is 0.277. The van der Waals surface area contributed by atoms with Gasteiger partial charge >= 0.3 is 0 Å². The predicted molar refractivity (Wildman–Crippen MR) is 111 cm³/mol. The Kier molecular flexibility index (Phi) is 4.61. The zero-order chi connectivity index (χ0) is 18.6. The second-order valence-electron chi connectivity index (χ2n) is 6.59. The Morgan fingerprint density at radius 3 is 1.81 bits per heavy atom. The summed E-state index contributed by atoms with van der Waals surface area (Å²) in [6.07, 6.45) is 0. The van der Waals surface area contributed by atoms with Gasteiger partial charge in [0.25, 0.3) is 0 Å². The molecule has 27 heavy (non-hydrogen) atoms. The molecule has 1 aliphatic rings. The molecule has 1 unspecified atom stereocenters. The number of rotatable bonds is 4. The van der Waals surface area contributed by atoms with Crippen LogP contribution in [0, 0.1) is 0 Å². The molecule has 0 spiro atoms. The maximum absolute atomic E-state index is 9.22. The molecule has 0 heterocycles. The van der Waals surface area contributed by atoms with Gasteiger partial charge in [-0.15, -0.1) is 0 Å². The van der Waals surface area contributed by atoms with Gasteiger partial charge in [-0.25, -0.2) is 0 Å². The molecule has 0 amide bonds. The minimum atomic E-state index is 0.0595. The Morgan fingerprint density at radius 2 is 1.26 bits per heavy atom. The lowest BCUT2D eigenvalue weighted by molar-refractivity contribution is 1.01. The van der Waals surface area contributed by atoms with Crippen molar-refractivity contribution in [2.24, 2.45) is 5.11 Å². The van der Waals surface area contributed by atoms with Gasteiger partial charge in [0.2, 0.25) is 0 Å². The maximum Gasteiger partial charge on any atom is 0.0455 e. The fourth-order valence-electron chi connectivity index (χ4n) is 3.88. The van der Waals surface area contributed by atoms with Crippen LogP contribution in [0.15, 0.2) is 107 Å². The summed E-state index contributed by atoms with van der Waals surface area (Å²) in [5, 5.41) is 4.12. The molecule has 1 aliphatic carbocycles. The van der Waals surface area contributed by atoms with Crippen molar-refractivity contribution in [1.82, 2.24) is 0 Å². The van der Waals surface area contributed by atoms with Crippen LogP contribution in [0.25, 0.3) is 21.6 Å². The second kappa shape index (κ2) is 7.36. The monoisotopic (exact) mass is 349 g/mol. The molecule has 4 rings (SSSR count). The van der Waals surface area contributed by atoms with Crippen molar-refractivity contribution in [3.05, 3.63) is 129 Å². The van der Waals surface area contributed by atoms with Crippen molar-refractivity contribution in [2.75, 3.05) is 0 Å². The van der Waals surface area contributed by atoms with E-state index in [1.165, 1.54) is 11.1 Å². The molecule has 0 radical (unpaired) electrons. The molecule has 3 heteroatoms. The van der Waals surface area contributed by atoms with E-state index in [4.69, 9.17) is 0 Å². The van der Waals surface area contributed by atoms with Crippen LogP contribution in [0.4, 0.5) is 0 Å². The van der Waals surface area contributed by atoms with Crippen molar-refractivity contribution in [1.29, 1.82) is 0 Å². The zero-order valence-corrected chi connectivity index (χ0v) is 15.1. The highest BCUT2D eigenvalue weighted by Crippen LogP contribution is 2.52. The van der Waals surface area contributed by atoms with E-state index in [1.54, 1.807) is 0 Å². The average Bonchev–Trinajstić information content (AvgIpc) is 3.03. The standard InChI is InChI=1S/C24H19N3/c1-17-21(18-11-5-2-6-12-18)22(19-13-7-3-8-14-19)23(24(17)26-27-25)20-15-9-4-10-16-20/h2-16,21H,1H3. The van der Waals surface area contributed by atoms with E-state index in [2.05, 4.69) is 65.5 Å². The average molecular weight is 349 g/mol. The fraction of sp³-hybridized carbons (Fsp3) is 0.0833. The minimum Gasteiger partial charge on any atom is -0.0622 e. The van der Waals surface area contributed by atoms with E-state index < -0.39 is 0 Å². The summed E-state index contributed by atoms with van der Waals surface area (Å²) < 4.78 is 0. The molecule has 130 valence electrons. The van der Waals surface area contributed by atoms with Crippen LogP contribution >= 0.6 is 0 Å². The molecular formula is C24H19N3. The second-order valence-corrected chi connectivity index (χ2v) is 6.59. The molecule has 3 aromatic rings. The van der Waals surface area contributed by atoms with Crippen molar-refractivity contribution < 1.29 is 0 Å². The molecule has 0 saturated heterocycles. The van der Waals surface area contributed by atoms with E-state index in [0.29, 0.717) is 0 Å². The third kappa shape index (κ3) is 3.05. The Bertz CT molecular complexity index is 1060. The molecule has 0 fully saturated rings. The predicted octanol–water partition coefficient (Wildman–Crippen LogP) is 6.98. The molecule has 0 bridgehead atoms. The molecule has 3 nitrogen and oxygen atoms in total. The lowest BCUT2D eigenvalue weighted by Gasteiger charge is -2.19. The third-order valence-electron chi connectivity index (χ3n) is 5.03. The topological polar surface area (TPSA) is 48.8 Å². The summed E-state index contributed by atoms with van der Waals surface area (Å²) in [5.74, 6) is 0.0595. The number of nitrogens with zero attached hydrogens (tertiary/aromatic N) is 3. The van der Waals surface area contributed by atoms with E-state index in [1.807, 2.05) is 42.5 Å². The van der Waals surface area contributed by atoms with Crippen LogP contribution in [-0.2, 0) is 0 Å². The number of hydrogen-bond donors (Lipinski definition) is 0. The Balaban J connectivity index is 2.06. The van der Waals surface area contributed by atoms with Crippen molar-refractivity contribution >= 4 is 11.1 Å². The summed E-state index contributed by atoms with van der Waals surface area (Å²) in [5.41, 5.74) is 16.7. The number of hydrogen-bond acceptors (Lipinski definition) is 1. The van der Waals surface area contributed by atoms with E-state index in [-0.39, 0.29) is 5.92 Å². The van der Waals surface area contributed by atoms with Gasteiger partial charge in [0.1, 0.15) is 0 Å². The van der Waals surface area contributed by atoms with Crippen LogP contribution in [-0.4, -0.2) is 0 Å².